The molecule has 0 rings (SSSR count). The molecule has 15 heavy (non-hydrogen) atoms. The number of aliphatic imine (C=N–C) groups is 1. The van der Waals surface area contributed by atoms with Gasteiger partial charge >= 0.3 is 0 Å². The van der Waals surface area contributed by atoms with Gasteiger partial charge in [0, 0.05) is 0 Å². The molecule has 2 nitrogen and oxygen atoms in total. The zero-order valence-corrected chi connectivity index (χ0v) is 10.5. The molecule has 0 radical (unpaired) electrons. The molecule has 0 aromatic heterocycles. The van der Waals surface area contributed by atoms with E-state index >= 15 is 0 Å². The summed E-state index contributed by atoms with van der Waals surface area (Å²) in [5, 5.41) is 0. The molecule has 0 aromatic carbocycles. The van der Waals surface area contributed by atoms with Crippen molar-refractivity contribution >= 4 is 18.7 Å². The van der Waals surface area contributed by atoms with Gasteiger partial charge in [-0.15, -0.1) is 0 Å². The monoisotopic (exact) mass is 229 g/mol. The molecule has 0 N–H and O–H groups in total. The van der Waals surface area contributed by atoms with E-state index in [1.54, 1.807) is 6.08 Å². The van der Waals surface area contributed by atoms with Gasteiger partial charge in [0.2, 0.25) is 6.08 Å². The first-order valence-electron chi connectivity index (χ1n) is 6.06. The van der Waals surface area contributed by atoms with Gasteiger partial charge in [-0.1, -0.05) is 44.9 Å². The molecule has 0 saturated heterocycles. The largest absolute Gasteiger partial charge is 0.234 e. The molecule has 0 aliphatic rings. The van der Waals surface area contributed by atoms with Crippen molar-refractivity contribution in [3.63, 3.8) is 0 Å². The minimum atomic E-state index is 0.658. The molecule has 0 aliphatic heterocycles. The SMILES string of the molecule is O=C=NCCCCCCCCCCCS. The number of rotatable bonds is 11. The van der Waals surface area contributed by atoms with Crippen LogP contribution in [0.5, 0.6) is 0 Å². The third-order valence-electron chi connectivity index (χ3n) is 2.49. The number of isocyanates is 1. The van der Waals surface area contributed by atoms with Gasteiger partial charge in [-0.25, -0.2) is 9.79 Å². The third kappa shape index (κ3) is 13.7. The van der Waals surface area contributed by atoms with Gasteiger partial charge in [0.25, 0.3) is 0 Å². The Hall–Kier alpha value is -0.270. The molecule has 0 saturated carbocycles. The summed E-state index contributed by atoms with van der Waals surface area (Å²) >= 11 is 4.18. The summed E-state index contributed by atoms with van der Waals surface area (Å²) in [6.45, 7) is 0.658. The maximum Gasteiger partial charge on any atom is 0.234 e. The Balaban J connectivity index is 2.89. The van der Waals surface area contributed by atoms with Crippen LogP contribution in [0.1, 0.15) is 57.8 Å². The highest BCUT2D eigenvalue weighted by Crippen LogP contribution is 2.09. The summed E-state index contributed by atoms with van der Waals surface area (Å²) in [6.07, 6.45) is 13.1. The van der Waals surface area contributed by atoms with E-state index in [4.69, 9.17) is 0 Å². The fourth-order valence-electron chi connectivity index (χ4n) is 1.59. The lowest BCUT2D eigenvalue weighted by Gasteiger charge is -2.00. The van der Waals surface area contributed by atoms with Crippen LogP contribution in [-0.2, 0) is 4.79 Å². The van der Waals surface area contributed by atoms with E-state index in [0.717, 1.165) is 12.2 Å². The number of carbonyl (C=O) groups excluding carboxylic acids is 1. The summed E-state index contributed by atoms with van der Waals surface area (Å²) in [7, 11) is 0. The molecule has 0 heterocycles. The first-order chi connectivity index (χ1) is 7.41. The Morgan fingerprint density at radius 3 is 1.73 bits per heavy atom. The zero-order valence-electron chi connectivity index (χ0n) is 9.58. The molecule has 0 unspecified atom stereocenters. The van der Waals surface area contributed by atoms with Gasteiger partial charge < -0.3 is 0 Å². The van der Waals surface area contributed by atoms with E-state index in [9.17, 15) is 4.79 Å². The summed E-state index contributed by atoms with van der Waals surface area (Å²) in [5.74, 6) is 1.03. The zero-order chi connectivity index (χ0) is 11.2. The predicted molar refractivity (Wildman–Crippen MR) is 68.4 cm³/mol. The van der Waals surface area contributed by atoms with Crippen molar-refractivity contribution in [3.05, 3.63) is 0 Å². The van der Waals surface area contributed by atoms with Crippen molar-refractivity contribution in [1.29, 1.82) is 0 Å². The second-order valence-corrected chi connectivity index (χ2v) is 4.33. The molecular formula is C12H23NOS. The van der Waals surface area contributed by atoms with Gasteiger partial charge in [0.15, 0.2) is 0 Å². The van der Waals surface area contributed by atoms with Crippen molar-refractivity contribution in [2.45, 2.75) is 57.8 Å². The van der Waals surface area contributed by atoms with Crippen molar-refractivity contribution in [3.8, 4) is 0 Å². The van der Waals surface area contributed by atoms with Crippen molar-refractivity contribution in [2.75, 3.05) is 12.3 Å². The second-order valence-electron chi connectivity index (χ2n) is 3.88. The average Bonchev–Trinajstić information content (AvgIpc) is 2.26. The predicted octanol–water partition coefficient (Wildman–Crippen LogP) is 3.76. The summed E-state index contributed by atoms with van der Waals surface area (Å²) < 4.78 is 0. The van der Waals surface area contributed by atoms with Gasteiger partial charge in [-0.2, -0.15) is 12.6 Å². The summed E-state index contributed by atoms with van der Waals surface area (Å²) in [5.41, 5.74) is 0. The van der Waals surface area contributed by atoms with Crippen molar-refractivity contribution < 1.29 is 4.79 Å². The number of hydrogen-bond donors (Lipinski definition) is 1. The van der Waals surface area contributed by atoms with Crippen LogP contribution in [0.4, 0.5) is 0 Å². The molecule has 0 aromatic rings. The van der Waals surface area contributed by atoms with Crippen molar-refractivity contribution in [1.82, 2.24) is 0 Å². The van der Waals surface area contributed by atoms with Crippen LogP contribution in [0, 0.1) is 0 Å². The quantitative estimate of drug-likeness (QED) is 0.248. The van der Waals surface area contributed by atoms with Gasteiger partial charge in [-0.3, -0.25) is 0 Å². The Bertz CT molecular complexity index is 167. The maximum absolute atomic E-state index is 9.77. The number of nitrogens with zero attached hydrogens (tertiary/aromatic N) is 1. The van der Waals surface area contributed by atoms with Crippen LogP contribution in [0.3, 0.4) is 0 Å². The molecule has 0 aliphatic carbocycles. The fourth-order valence-corrected chi connectivity index (χ4v) is 1.81. The highest BCUT2D eigenvalue weighted by Gasteiger charge is 1.91. The first-order valence-corrected chi connectivity index (χ1v) is 6.69. The van der Waals surface area contributed by atoms with Gasteiger partial charge in [0.1, 0.15) is 0 Å². The molecule has 0 amide bonds. The molecule has 3 heteroatoms. The van der Waals surface area contributed by atoms with Gasteiger partial charge in [-0.05, 0) is 18.6 Å². The van der Waals surface area contributed by atoms with E-state index in [0.29, 0.717) is 6.54 Å². The Labute approximate surface area is 99.0 Å². The highest BCUT2D eigenvalue weighted by molar-refractivity contribution is 7.80. The minimum absolute atomic E-state index is 0.658. The first kappa shape index (κ1) is 14.7. The topological polar surface area (TPSA) is 29.4 Å². The minimum Gasteiger partial charge on any atom is -0.211 e. The lowest BCUT2D eigenvalue weighted by molar-refractivity contribution is 0.556. The van der Waals surface area contributed by atoms with Crippen LogP contribution in [0.25, 0.3) is 0 Å². The third-order valence-corrected chi connectivity index (χ3v) is 2.81. The fraction of sp³-hybridized carbons (Fsp3) is 0.917. The molecule has 0 spiro atoms. The van der Waals surface area contributed by atoms with E-state index in [1.165, 1.54) is 51.4 Å². The van der Waals surface area contributed by atoms with Crippen molar-refractivity contribution in [2.24, 2.45) is 4.99 Å². The number of thiol groups is 1. The van der Waals surface area contributed by atoms with Crippen LogP contribution in [0.15, 0.2) is 4.99 Å². The lowest BCUT2D eigenvalue weighted by atomic mass is 10.1. The van der Waals surface area contributed by atoms with Crippen LogP contribution in [-0.4, -0.2) is 18.4 Å². The Morgan fingerprint density at radius 2 is 1.27 bits per heavy atom. The van der Waals surface area contributed by atoms with E-state index in [-0.39, 0.29) is 0 Å². The normalized spacial score (nSPS) is 9.93. The Kier molecular flexibility index (Phi) is 13.5. The summed E-state index contributed by atoms with van der Waals surface area (Å²) in [4.78, 5) is 13.3. The highest BCUT2D eigenvalue weighted by atomic mass is 32.1. The molecular weight excluding hydrogens is 206 g/mol. The van der Waals surface area contributed by atoms with E-state index in [2.05, 4.69) is 17.6 Å². The van der Waals surface area contributed by atoms with E-state index < -0.39 is 0 Å². The maximum atomic E-state index is 9.77. The Morgan fingerprint density at radius 1 is 0.800 bits per heavy atom. The number of unbranched alkanes of at least 4 members (excludes halogenated alkanes) is 8. The van der Waals surface area contributed by atoms with Crippen LogP contribution >= 0.6 is 12.6 Å². The average molecular weight is 229 g/mol. The number of hydrogen-bond acceptors (Lipinski definition) is 3. The van der Waals surface area contributed by atoms with Gasteiger partial charge in [0.05, 0.1) is 6.54 Å². The summed E-state index contributed by atoms with van der Waals surface area (Å²) in [6, 6.07) is 0. The molecule has 0 fully saturated rings. The molecule has 88 valence electrons. The van der Waals surface area contributed by atoms with Crippen LogP contribution < -0.4 is 0 Å². The second kappa shape index (κ2) is 13.7. The molecule has 0 atom stereocenters. The molecule has 0 bridgehead atoms. The van der Waals surface area contributed by atoms with E-state index in [1.807, 2.05) is 0 Å². The standard InChI is InChI=1S/C12H23NOS/c14-12-13-10-8-6-4-2-1-3-5-7-9-11-15/h15H,1-11H2. The smallest absolute Gasteiger partial charge is 0.211 e. The van der Waals surface area contributed by atoms with Crippen LogP contribution in [0.2, 0.25) is 0 Å². The lowest BCUT2D eigenvalue weighted by Crippen LogP contribution is -1.84.